The number of carboxylic acids is 1. The van der Waals surface area contributed by atoms with E-state index in [-0.39, 0.29) is 30.4 Å². The second-order valence-electron chi connectivity index (χ2n) is 10.1. The Morgan fingerprint density at radius 2 is 1.68 bits per heavy atom. The molecule has 0 spiro atoms. The highest BCUT2D eigenvalue weighted by Gasteiger charge is 2.65. The highest BCUT2D eigenvalue weighted by molar-refractivity contribution is 5.92. The summed E-state index contributed by atoms with van der Waals surface area (Å²) in [5.74, 6) is -1.10. The van der Waals surface area contributed by atoms with Gasteiger partial charge in [-0.2, -0.15) is 0 Å². The lowest BCUT2D eigenvalue weighted by Gasteiger charge is -2.27. The molecule has 3 aliphatic rings. The first-order chi connectivity index (χ1) is 16.3. The van der Waals surface area contributed by atoms with Crippen molar-refractivity contribution in [3.8, 4) is 11.1 Å². The van der Waals surface area contributed by atoms with E-state index < -0.39 is 23.0 Å². The number of carbonyl (C=O) groups excluding carboxylic acids is 2. The fraction of sp³-hybridized carbons (Fsp3) is 0.444. The van der Waals surface area contributed by atoms with Crippen LogP contribution in [0.4, 0.5) is 4.79 Å². The van der Waals surface area contributed by atoms with Crippen LogP contribution in [0.15, 0.2) is 48.5 Å². The molecule has 0 bridgehead atoms. The van der Waals surface area contributed by atoms with Crippen molar-refractivity contribution in [1.29, 1.82) is 0 Å². The zero-order chi connectivity index (χ0) is 24.1. The molecule has 5 rings (SSSR count). The van der Waals surface area contributed by atoms with Crippen LogP contribution in [-0.4, -0.2) is 41.3 Å². The van der Waals surface area contributed by atoms with Gasteiger partial charge in [-0.15, -0.1) is 0 Å². The summed E-state index contributed by atoms with van der Waals surface area (Å²) in [4.78, 5) is 37.1. The number of benzene rings is 2. The molecule has 7 heteroatoms. The van der Waals surface area contributed by atoms with Gasteiger partial charge in [-0.05, 0) is 60.8 Å². The monoisotopic (exact) mass is 462 g/mol. The fourth-order valence-electron chi connectivity index (χ4n) is 5.76. The Balaban J connectivity index is 1.18. The number of carbonyl (C=O) groups is 3. The second kappa shape index (κ2) is 8.15. The van der Waals surface area contributed by atoms with E-state index in [1.165, 1.54) is 18.1 Å². The lowest BCUT2D eigenvalue weighted by molar-refractivity contribution is -0.148. The first-order valence-corrected chi connectivity index (χ1v) is 11.9. The van der Waals surface area contributed by atoms with E-state index in [2.05, 4.69) is 34.9 Å². The van der Waals surface area contributed by atoms with Crippen molar-refractivity contribution in [2.45, 2.75) is 57.0 Å². The van der Waals surface area contributed by atoms with Crippen LogP contribution in [0.3, 0.4) is 0 Å². The van der Waals surface area contributed by atoms with Crippen molar-refractivity contribution in [3.63, 3.8) is 0 Å². The third-order valence-corrected chi connectivity index (χ3v) is 8.10. The van der Waals surface area contributed by atoms with Crippen LogP contribution in [0.25, 0.3) is 11.1 Å². The zero-order valence-corrected chi connectivity index (χ0v) is 19.5. The first-order valence-electron chi connectivity index (χ1n) is 11.9. The molecule has 34 heavy (non-hydrogen) atoms. The van der Waals surface area contributed by atoms with Crippen LogP contribution in [0, 0.1) is 11.3 Å². The van der Waals surface area contributed by atoms with Gasteiger partial charge in [0.2, 0.25) is 5.91 Å². The maximum atomic E-state index is 12.9. The molecule has 2 amide bonds. The molecule has 2 saturated carbocycles. The predicted molar refractivity (Wildman–Crippen MR) is 126 cm³/mol. The summed E-state index contributed by atoms with van der Waals surface area (Å²) in [6, 6.07) is 16.2. The Morgan fingerprint density at radius 1 is 1.06 bits per heavy atom. The van der Waals surface area contributed by atoms with Crippen LogP contribution < -0.4 is 10.6 Å². The number of nitrogens with one attached hydrogen (secondary N) is 2. The summed E-state index contributed by atoms with van der Waals surface area (Å²) in [6.45, 7) is 3.52. The van der Waals surface area contributed by atoms with E-state index in [0.717, 1.165) is 17.5 Å². The second-order valence-corrected chi connectivity index (χ2v) is 10.1. The summed E-state index contributed by atoms with van der Waals surface area (Å²) >= 11 is 0. The van der Waals surface area contributed by atoms with Gasteiger partial charge in [-0.25, -0.2) is 9.59 Å². The molecule has 0 heterocycles. The van der Waals surface area contributed by atoms with Crippen LogP contribution >= 0.6 is 0 Å². The van der Waals surface area contributed by atoms with Crippen molar-refractivity contribution >= 4 is 18.0 Å². The number of ether oxygens (including phenoxy) is 1. The van der Waals surface area contributed by atoms with E-state index >= 15 is 0 Å². The van der Waals surface area contributed by atoms with Gasteiger partial charge in [-0.3, -0.25) is 4.79 Å². The fourth-order valence-corrected chi connectivity index (χ4v) is 5.76. The van der Waals surface area contributed by atoms with Gasteiger partial charge in [0.25, 0.3) is 0 Å². The van der Waals surface area contributed by atoms with Gasteiger partial charge in [-0.1, -0.05) is 55.5 Å². The molecule has 3 N–H and O–H groups in total. The summed E-state index contributed by atoms with van der Waals surface area (Å²) < 4.78 is 5.65. The SMILES string of the molecule is CCC(C)(NC(=O)C12CC(NC(=O)OCC3c4ccccc4-c4ccccc43)CC1C2)C(=O)O. The van der Waals surface area contributed by atoms with Crippen molar-refractivity contribution in [2.75, 3.05) is 6.61 Å². The normalized spacial score (nSPS) is 25.9. The van der Waals surface area contributed by atoms with E-state index in [1.54, 1.807) is 6.92 Å². The number of rotatable bonds is 7. The Kier molecular flexibility index (Phi) is 5.38. The first kappa shape index (κ1) is 22.4. The number of fused-ring (bicyclic) bond motifs is 4. The number of hydrogen-bond donors (Lipinski definition) is 3. The Morgan fingerprint density at radius 3 is 2.26 bits per heavy atom. The molecule has 2 aromatic rings. The molecule has 2 fully saturated rings. The number of aliphatic carboxylic acids is 1. The lowest BCUT2D eigenvalue weighted by Crippen LogP contribution is -2.54. The van der Waals surface area contributed by atoms with Crippen molar-refractivity contribution in [2.24, 2.45) is 11.3 Å². The Bertz CT molecular complexity index is 1120. The summed E-state index contributed by atoms with van der Waals surface area (Å²) in [5.41, 5.74) is 2.82. The molecule has 4 unspecified atom stereocenters. The maximum absolute atomic E-state index is 12.9. The van der Waals surface area contributed by atoms with Gasteiger partial charge in [0.05, 0.1) is 5.41 Å². The molecule has 178 valence electrons. The van der Waals surface area contributed by atoms with E-state index in [4.69, 9.17) is 4.74 Å². The molecular weight excluding hydrogens is 432 g/mol. The molecule has 0 aromatic heterocycles. The summed E-state index contributed by atoms with van der Waals surface area (Å²) in [7, 11) is 0. The molecule has 3 aliphatic carbocycles. The minimum atomic E-state index is -1.28. The predicted octanol–water partition coefficient (Wildman–Crippen LogP) is 4.06. The average molecular weight is 463 g/mol. The standard InChI is InChI=1S/C27H30N2O5/c1-3-26(2,24(31)32)29-23(30)27-13-16(27)12-17(14-27)28-25(33)34-15-22-20-10-6-4-8-18(20)19-9-5-7-11-21(19)22/h4-11,16-17,22H,3,12-15H2,1-2H3,(H,28,33)(H,29,30)(H,31,32). The quantitative estimate of drug-likeness (QED) is 0.576. The van der Waals surface area contributed by atoms with Gasteiger partial charge in [0, 0.05) is 12.0 Å². The molecule has 2 aromatic carbocycles. The molecule has 0 aliphatic heterocycles. The van der Waals surface area contributed by atoms with Crippen LogP contribution in [0.5, 0.6) is 0 Å². The zero-order valence-electron chi connectivity index (χ0n) is 19.5. The van der Waals surface area contributed by atoms with E-state index in [9.17, 15) is 19.5 Å². The van der Waals surface area contributed by atoms with E-state index in [1.807, 2.05) is 24.3 Å². The number of amides is 2. The highest BCUT2D eigenvalue weighted by atomic mass is 16.5. The Labute approximate surface area is 198 Å². The molecular formula is C27H30N2O5. The van der Waals surface area contributed by atoms with Crippen molar-refractivity contribution < 1.29 is 24.2 Å². The van der Waals surface area contributed by atoms with Gasteiger partial charge in [0.1, 0.15) is 12.1 Å². The van der Waals surface area contributed by atoms with Gasteiger partial charge in [0.15, 0.2) is 0 Å². The van der Waals surface area contributed by atoms with Crippen molar-refractivity contribution in [3.05, 3.63) is 59.7 Å². The van der Waals surface area contributed by atoms with Crippen LogP contribution in [0.2, 0.25) is 0 Å². The summed E-state index contributed by atoms with van der Waals surface area (Å²) in [5, 5.41) is 15.1. The number of carboxylic acid groups (broad SMARTS) is 1. The van der Waals surface area contributed by atoms with Crippen molar-refractivity contribution in [1.82, 2.24) is 10.6 Å². The largest absolute Gasteiger partial charge is 0.480 e. The van der Waals surface area contributed by atoms with Gasteiger partial charge >= 0.3 is 12.1 Å². The Hall–Kier alpha value is -3.35. The molecule has 0 radical (unpaired) electrons. The summed E-state index contributed by atoms with van der Waals surface area (Å²) in [6.07, 6.45) is 1.77. The average Bonchev–Trinajstić information content (AvgIpc) is 3.26. The van der Waals surface area contributed by atoms with Crippen LogP contribution in [0.1, 0.15) is 56.6 Å². The maximum Gasteiger partial charge on any atom is 0.407 e. The highest BCUT2D eigenvalue weighted by Crippen LogP contribution is 2.63. The third kappa shape index (κ3) is 3.63. The molecule has 7 nitrogen and oxygen atoms in total. The van der Waals surface area contributed by atoms with Crippen LogP contribution in [-0.2, 0) is 14.3 Å². The van der Waals surface area contributed by atoms with E-state index in [0.29, 0.717) is 19.3 Å². The molecule has 4 atom stereocenters. The van der Waals surface area contributed by atoms with Gasteiger partial charge < -0.3 is 20.5 Å². The topological polar surface area (TPSA) is 105 Å². The lowest BCUT2D eigenvalue weighted by atomic mass is 9.95. The molecule has 0 saturated heterocycles. The minimum Gasteiger partial charge on any atom is -0.480 e. The smallest absolute Gasteiger partial charge is 0.407 e. The number of alkyl carbamates (subject to hydrolysis) is 1. The number of hydrogen-bond acceptors (Lipinski definition) is 4. The minimum absolute atomic E-state index is 0.00464. The third-order valence-electron chi connectivity index (χ3n) is 8.10.